The summed E-state index contributed by atoms with van der Waals surface area (Å²) < 4.78 is 5.93. The Morgan fingerprint density at radius 1 is 1.35 bits per heavy atom. The van der Waals surface area contributed by atoms with Gasteiger partial charge < -0.3 is 20.5 Å². The van der Waals surface area contributed by atoms with Crippen LogP contribution in [0, 0.1) is 0 Å². The highest BCUT2D eigenvalue weighted by Gasteiger charge is 2.05. The van der Waals surface area contributed by atoms with Crippen molar-refractivity contribution in [2.75, 3.05) is 19.0 Å². The van der Waals surface area contributed by atoms with Gasteiger partial charge in [-0.2, -0.15) is 0 Å². The molecule has 20 heavy (non-hydrogen) atoms. The Balaban J connectivity index is 2.33. The van der Waals surface area contributed by atoms with Gasteiger partial charge in [-0.05, 0) is 40.9 Å². The van der Waals surface area contributed by atoms with Crippen molar-refractivity contribution in [2.45, 2.75) is 19.3 Å². The summed E-state index contributed by atoms with van der Waals surface area (Å²) in [7, 11) is 1.55. The summed E-state index contributed by atoms with van der Waals surface area (Å²) in [6, 6.07) is 4.90. The average molecular weight is 345 g/mol. The van der Waals surface area contributed by atoms with Crippen molar-refractivity contribution in [2.24, 2.45) is 0 Å². The zero-order chi connectivity index (χ0) is 15.0. The van der Waals surface area contributed by atoms with Crippen LogP contribution >= 0.6 is 15.9 Å². The molecule has 0 spiro atoms. The SMILES string of the molecule is COc1cc(NC(=O)NCCCCC(=O)O)ccc1Br. The Labute approximate surface area is 125 Å². The Kier molecular flexibility index (Phi) is 6.86. The smallest absolute Gasteiger partial charge is 0.319 e. The number of amides is 2. The van der Waals surface area contributed by atoms with Gasteiger partial charge in [-0.1, -0.05) is 0 Å². The fraction of sp³-hybridized carbons (Fsp3) is 0.385. The van der Waals surface area contributed by atoms with Crippen LogP contribution in [-0.2, 0) is 4.79 Å². The molecule has 7 heteroatoms. The van der Waals surface area contributed by atoms with Gasteiger partial charge >= 0.3 is 12.0 Å². The monoisotopic (exact) mass is 344 g/mol. The van der Waals surface area contributed by atoms with E-state index in [-0.39, 0.29) is 12.5 Å². The van der Waals surface area contributed by atoms with Gasteiger partial charge in [-0.25, -0.2) is 4.79 Å². The van der Waals surface area contributed by atoms with Crippen molar-refractivity contribution in [3.05, 3.63) is 22.7 Å². The van der Waals surface area contributed by atoms with E-state index < -0.39 is 5.97 Å². The lowest BCUT2D eigenvalue weighted by atomic mass is 10.2. The van der Waals surface area contributed by atoms with Gasteiger partial charge in [0.1, 0.15) is 5.75 Å². The minimum Gasteiger partial charge on any atom is -0.495 e. The highest BCUT2D eigenvalue weighted by Crippen LogP contribution is 2.27. The van der Waals surface area contributed by atoms with Crippen LogP contribution in [0.3, 0.4) is 0 Å². The lowest BCUT2D eigenvalue weighted by molar-refractivity contribution is -0.137. The van der Waals surface area contributed by atoms with E-state index in [2.05, 4.69) is 26.6 Å². The van der Waals surface area contributed by atoms with Crippen molar-refractivity contribution in [1.82, 2.24) is 5.32 Å². The second kappa shape index (κ2) is 8.42. The summed E-state index contributed by atoms with van der Waals surface area (Å²) >= 11 is 3.33. The van der Waals surface area contributed by atoms with Crippen LogP contribution in [-0.4, -0.2) is 30.8 Å². The largest absolute Gasteiger partial charge is 0.495 e. The molecule has 0 aliphatic rings. The number of hydrogen-bond acceptors (Lipinski definition) is 3. The number of urea groups is 1. The number of nitrogens with one attached hydrogen (secondary N) is 2. The number of rotatable bonds is 7. The van der Waals surface area contributed by atoms with Crippen LogP contribution in [0.2, 0.25) is 0 Å². The summed E-state index contributed by atoms with van der Waals surface area (Å²) in [5, 5.41) is 13.8. The second-order valence-corrected chi connectivity index (χ2v) is 4.94. The van der Waals surface area contributed by atoms with Gasteiger partial charge in [0.15, 0.2) is 0 Å². The molecule has 0 heterocycles. The number of carbonyl (C=O) groups is 2. The van der Waals surface area contributed by atoms with Gasteiger partial charge in [0, 0.05) is 24.7 Å². The summed E-state index contributed by atoms with van der Waals surface area (Å²) in [5.74, 6) is -0.194. The van der Waals surface area contributed by atoms with Crippen LogP contribution in [0.5, 0.6) is 5.75 Å². The maximum atomic E-state index is 11.6. The number of carboxylic acid groups (broad SMARTS) is 1. The van der Waals surface area contributed by atoms with Crippen LogP contribution in [0.4, 0.5) is 10.5 Å². The van der Waals surface area contributed by atoms with Crippen molar-refractivity contribution in [1.29, 1.82) is 0 Å². The lowest BCUT2D eigenvalue weighted by Gasteiger charge is -2.09. The molecule has 0 radical (unpaired) electrons. The molecule has 6 nitrogen and oxygen atoms in total. The highest BCUT2D eigenvalue weighted by molar-refractivity contribution is 9.10. The maximum Gasteiger partial charge on any atom is 0.319 e. The molecule has 0 atom stereocenters. The third kappa shape index (κ3) is 5.92. The summed E-state index contributed by atoms with van der Waals surface area (Å²) in [5.41, 5.74) is 0.619. The fourth-order valence-electron chi connectivity index (χ4n) is 1.52. The summed E-state index contributed by atoms with van der Waals surface area (Å²) in [4.78, 5) is 21.9. The van der Waals surface area contributed by atoms with Gasteiger partial charge in [0.25, 0.3) is 0 Å². The summed E-state index contributed by atoms with van der Waals surface area (Å²) in [6.07, 6.45) is 1.29. The van der Waals surface area contributed by atoms with E-state index in [9.17, 15) is 9.59 Å². The molecule has 1 aromatic carbocycles. The Hall–Kier alpha value is -1.76. The van der Waals surface area contributed by atoms with Gasteiger partial charge in [-0.3, -0.25) is 4.79 Å². The van der Waals surface area contributed by atoms with Gasteiger partial charge in [0.05, 0.1) is 11.6 Å². The first-order valence-electron chi connectivity index (χ1n) is 6.13. The van der Waals surface area contributed by atoms with E-state index in [0.29, 0.717) is 30.8 Å². The lowest BCUT2D eigenvalue weighted by Crippen LogP contribution is -2.29. The minimum atomic E-state index is -0.823. The van der Waals surface area contributed by atoms with E-state index in [4.69, 9.17) is 9.84 Å². The quantitative estimate of drug-likeness (QED) is 0.663. The fourth-order valence-corrected chi connectivity index (χ4v) is 1.92. The van der Waals surface area contributed by atoms with Gasteiger partial charge in [0.2, 0.25) is 0 Å². The molecule has 0 fully saturated rings. The van der Waals surface area contributed by atoms with Gasteiger partial charge in [-0.15, -0.1) is 0 Å². The average Bonchev–Trinajstić information content (AvgIpc) is 2.40. The highest BCUT2D eigenvalue weighted by atomic mass is 79.9. The molecule has 0 saturated heterocycles. The molecule has 1 aromatic rings. The third-order valence-electron chi connectivity index (χ3n) is 2.51. The molecule has 110 valence electrons. The molecule has 0 aromatic heterocycles. The first-order chi connectivity index (χ1) is 9.52. The topological polar surface area (TPSA) is 87.7 Å². The van der Waals surface area contributed by atoms with Crippen molar-refractivity contribution in [3.8, 4) is 5.75 Å². The normalized spacial score (nSPS) is 9.90. The number of carboxylic acids is 1. The maximum absolute atomic E-state index is 11.6. The second-order valence-electron chi connectivity index (χ2n) is 4.08. The van der Waals surface area contributed by atoms with Crippen molar-refractivity contribution >= 4 is 33.6 Å². The molecule has 0 aliphatic heterocycles. The Morgan fingerprint density at radius 2 is 2.10 bits per heavy atom. The molecule has 0 saturated carbocycles. The molecular weight excluding hydrogens is 328 g/mol. The number of aliphatic carboxylic acids is 1. The predicted octanol–water partition coefficient (Wildman–Crippen LogP) is 2.83. The minimum absolute atomic E-state index is 0.118. The molecule has 0 bridgehead atoms. The Morgan fingerprint density at radius 3 is 2.75 bits per heavy atom. The first-order valence-corrected chi connectivity index (χ1v) is 6.92. The van der Waals surface area contributed by atoms with Crippen LogP contribution in [0.25, 0.3) is 0 Å². The van der Waals surface area contributed by atoms with Crippen molar-refractivity contribution < 1.29 is 19.4 Å². The predicted molar refractivity (Wildman–Crippen MR) is 79.2 cm³/mol. The number of halogens is 1. The number of carbonyl (C=O) groups excluding carboxylic acids is 1. The number of ether oxygens (including phenoxy) is 1. The number of benzene rings is 1. The first kappa shape index (κ1) is 16.3. The molecule has 1 rings (SSSR count). The molecule has 2 amide bonds. The number of methoxy groups -OCH3 is 1. The van der Waals surface area contributed by atoms with E-state index in [1.807, 2.05) is 0 Å². The zero-order valence-corrected chi connectivity index (χ0v) is 12.7. The van der Waals surface area contributed by atoms with E-state index in [0.717, 1.165) is 4.47 Å². The molecule has 0 aliphatic carbocycles. The Bertz CT molecular complexity index is 479. The molecule has 0 unspecified atom stereocenters. The van der Waals surface area contributed by atoms with E-state index in [1.165, 1.54) is 0 Å². The van der Waals surface area contributed by atoms with E-state index >= 15 is 0 Å². The van der Waals surface area contributed by atoms with Crippen LogP contribution in [0.15, 0.2) is 22.7 Å². The van der Waals surface area contributed by atoms with Crippen LogP contribution in [0.1, 0.15) is 19.3 Å². The standard InChI is InChI=1S/C13H17BrN2O4/c1-20-11-8-9(5-6-10(11)14)16-13(19)15-7-3-2-4-12(17)18/h5-6,8H,2-4,7H2,1H3,(H,17,18)(H2,15,16,19). The zero-order valence-electron chi connectivity index (χ0n) is 11.1. The molecular formula is C13H17BrN2O4. The third-order valence-corrected chi connectivity index (χ3v) is 3.17. The number of anilines is 1. The van der Waals surface area contributed by atoms with Crippen molar-refractivity contribution in [3.63, 3.8) is 0 Å². The molecule has 3 N–H and O–H groups in total. The van der Waals surface area contributed by atoms with Crippen LogP contribution < -0.4 is 15.4 Å². The number of unbranched alkanes of at least 4 members (excludes halogenated alkanes) is 1. The summed E-state index contributed by atoms with van der Waals surface area (Å²) in [6.45, 7) is 0.437. The number of hydrogen-bond donors (Lipinski definition) is 3. The van der Waals surface area contributed by atoms with E-state index in [1.54, 1.807) is 25.3 Å².